The first-order valence-electron chi connectivity index (χ1n) is 13.1. The van der Waals surface area contributed by atoms with Crippen LogP contribution in [-0.4, -0.2) is 39.2 Å². The summed E-state index contributed by atoms with van der Waals surface area (Å²) >= 11 is 1.32. The van der Waals surface area contributed by atoms with Crippen molar-refractivity contribution in [3.05, 3.63) is 89.5 Å². The molecule has 0 aliphatic carbocycles. The summed E-state index contributed by atoms with van der Waals surface area (Å²) in [7, 11) is 0. The highest BCUT2D eigenvalue weighted by atomic mass is 32.2. The maximum atomic E-state index is 12.6. The lowest BCUT2D eigenvalue weighted by molar-refractivity contribution is -0.118. The van der Waals surface area contributed by atoms with Gasteiger partial charge in [0.2, 0.25) is 0 Å². The van der Waals surface area contributed by atoms with Gasteiger partial charge in [-0.2, -0.15) is 5.10 Å². The minimum absolute atomic E-state index is 0.0620. The van der Waals surface area contributed by atoms with Crippen molar-refractivity contribution in [1.29, 1.82) is 0 Å². The number of nitrogens with zero attached hydrogens (tertiary/aromatic N) is 4. The molecule has 0 saturated carbocycles. The van der Waals surface area contributed by atoms with E-state index in [-0.39, 0.29) is 17.1 Å². The Balaban J connectivity index is 1.46. The Morgan fingerprint density at radius 3 is 2.33 bits per heavy atom. The normalized spacial score (nSPS) is 11.6. The number of aryl methyl sites for hydroxylation is 1. The van der Waals surface area contributed by atoms with Crippen molar-refractivity contribution in [3.8, 4) is 22.8 Å². The van der Waals surface area contributed by atoms with Crippen molar-refractivity contribution in [2.24, 2.45) is 5.10 Å². The van der Waals surface area contributed by atoms with Crippen molar-refractivity contribution >= 4 is 23.9 Å². The second kappa shape index (κ2) is 12.8. The largest absolute Gasteiger partial charge is 0.494 e. The van der Waals surface area contributed by atoms with Crippen LogP contribution in [0.4, 0.5) is 0 Å². The summed E-state index contributed by atoms with van der Waals surface area (Å²) in [6.45, 7) is 11.4. The fourth-order valence-electron chi connectivity index (χ4n) is 3.81. The van der Waals surface area contributed by atoms with Crippen molar-refractivity contribution < 1.29 is 9.53 Å². The highest BCUT2D eigenvalue weighted by molar-refractivity contribution is 7.99. The lowest BCUT2D eigenvalue weighted by Crippen LogP contribution is -2.20. The number of carbonyl (C=O) groups is 1. The van der Waals surface area contributed by atoms with Gasteiger partial charge in [-0.15, -0.1) is 10.2 Å². The molecule has 39 heavy (non-hydrogen) atoms. The molecule has 1 heterocycles. The Bertz CT molecular complexity index is 1400. The van der Waals surface area contributed by atoms with Crippen molar-refractivity contribution in [2.75, 3.05) is 12.4 Å². The molecular weight excluding hydrogens is 506 g/mol. The highest BCUT2D eigenvalue weighted by Gasteiger charge is 2.19. The number of nitrogens with one attached hydrogen (secondary N) is 1. The molecule has 0 fully saturated rings. The molecule has 4 rings (SSSR count). The number of hydrogen-bond donors (Lipinski definition) is 1. The van der Waals surface area contributed by atoms with Gasteiger partial charge in [0.05, 0.1) is 18.6 Å². The number of thioether (sulfide) groups is 1. The first kappa shape index (κ1) is 28.1. The maximum absolute atomic E-state index is 12.6. The molecule has 0 spiro atoms. The number of ether oxygens (including phenoxy) is 1. The SMILES string of the molecule is CCCOc1ccc(/C=N\NC(=O)CSc2nnc(-c3ccc(C(C)(C)C)cc3)n2-c2ccc(C)cc2)cc1. The third-order valence-electron chi connectivity index (χ3n) is 6.02. The molecule has 4 aromatic rings. The van der Waals surface area contributed by atoms with Gasteiger partial charge in [-0.1, -0.05) is 81.4 Å². The average Bonchev–Trinajstić information content (AvgIpc) is 3.35. The Morgan fingerprint density at radius 2 is 1.69 bits per heavy atom. The number of aromatic nitrogens is 3. The predicted octanol–water partition coefficient (Wildman–Crippen LogP) is 6.57. The van der Waals surface area contributed by atoms with Crippen LogP contribution in [0.5, 0.6) is 5.75 Å². The fraction of sp³-hybridized carbons (Fsp3) is 0.290. The smallest absolute Gasteiger partial charge is 0.250 e. The van der Waals surface area contributed by atoms with Crippen molar-refractivity contribution in [2.45, 2.75) is 51.6 Å². The van der Waals surface area contributed by atoms with Gasteiger partial charge in [-0.3, -0.25) is 9.36 Å². The standard InChI is InChI=1S/C31H35N5O2S/c1-6-19-38-27-17-9-23(10-18-27)20-32-33-28(37)21-39-30-35-34-29(36(30)26-15-7-22(2)8-16-26)24-11-13-25(14-12-24)31(3,4)5/h7-18,20H,6,19,21H2,1-5H3,(H,33,37)/b32-20-. The van der Waals surface area contributed by atoms with E-state index in [4.69, 9.17) is 4.74 Å². The van der Waals surface area contributed by atoms with Gasteiger partial charge in [-0.05, 0) is 66.3 Å². The monoisotopic (exact) mass is 541 g/mol. The van der Waals surface area contributed by atoms with Crippen molar-refractivity contribution in [3.63, 3.8) is 0 Å². The molecule has 0 radical (unpaired) electrons. The summed E-state index contributed by atoms with van der Waals surface area (Å²) in [6, 6.07) is 24.2. The van der Waals surface area contributed by atoms with Crippen LogP contribution in [0.2, 0.25) is 0 Å². The van der Waals surface area contributed by atoms with E-state index in [2.05, 4.69) is 91.7 Å². The molecule has 3 aromatic carbocycles. The third-order valence-corrected chi connectivity index (χ3v) is 6.95. The van der Waals surface area contributed by atoms with E-state index in [1.165, 1.54) is 17.3 Å². The van der Waals surface area contributed by atoms with E-state index in [1.807, 2.05) is 41.0 Å². The summed E-state index contributed by atoms with van der Waals surface area (Å²) in [6.07, 6.45) is 2.57. The lowest BCUT2D eigenvalue weighted by atomic mass is 9.87. The van der Waals surface area contributed by atoms with Gasteiger partial charge >= 0.3 is 0 Å². The zero-order valence-electron chi connectivity index (χ0n) is 23.1. The molecule has 8 heteroatoms. The molecule has 0 atom stereocenters. The first-order chi connectivity index (χ1) is 18.7. The predicted molar refractivity (Wildman–Crippen MR) is 159 cm³/mol. The second-order valence-electron chi connectivity index (χ2n) is 10.3. The molecule has 0 aliphatic heterocycles. The second-order valence-corrected chi connectivity index (χ2v) is 11.2. The van der Waals surface area contributed by atoms with E-state index in [1.54, 1.807) is 6.21 Å². The summed E-state index contributed by atoms with van der Waals surface area (Å²) in [5, 5.41) is 13.7. The molecule has 0 aliphatic rings. The number of amides is 1. The molecule has 7 nitrogen and oxygen atoms in total. The van der Waals surface area contributed by atoms with Crippen LogP contribution < -0.4 is 10.2 Å². The number of benzene rings is 3. The van der Waals surface area contributed by atoms with Gasteiger partial charge in [0.1, 0.15) is 5.75 Å². The van der Waals surface area contributed by atoms with E-state index in [9.17, 15) is 4.79 Å². The highest BCUT2D eigenvalue weighted by Crippen LogP contribution is 2.30. The Labute approximate surface area is 234 Å². The van der Waals surface area contributed by atoms with Gasteiger partial charge in [0, 0.05) is 11.3 Å². The Kier molecular flexibility index (Phi) is 9.19. The number of hydrogen-bond acceptors (Lipinski definition) is 6. The Morgan fingerprint density at radius 1 is 1.00 bits per heavy atom. The van der Waals surface area contributed by atoms with Gasteiger partial charge in [0.25, 0.3) is 5.91 Å². The average molecular weight is 542 g/mol. The van der Waals surface area contributed by atoms with Crippen LogP contribution >= 0.6 is 11.8 Å². The van der Waals surface area contributed by atoms with Gasteiger partial charge in [-0.25, -0.2) is 5.43 Å². The summed E-state index contributed by atoms with van der Waals surface area (Å²) in [4.78, 5) is 12.6. The van der Waals surface area contributed by atoms with Crippen LogP contribution in [0.3, 0.4) is 0 Å². The summed E-state index contributed by atoms with van der Waals surface area (Å²) in [5.74, 6) is 1.46. The molecule has 1 amide bonds. The van der Waals surface area contributed by atoms with Crippen LogP contribution in [-0.2, 0) is 10.2 Å². The van der Waals surface area contributed by atoms with Crippen LogP contribution in [0, 0.1) is 6.92 Å². The Hall–Kier alpha value is -3.91. The fourth-order valence-corrected chi connectivity index (χ4v) is 4.55. The summed E-state index contributed by atoms with van der Waals surface area (Å²) in [5.41, 5.74) is 7.84. The van der Waals surface area contributed by atoms with Gasteiger partial charge in [0.15, 0.2) is 11.0 Å². The van der Waals surface area contributed by atoms with Crippen LogP contribution in [0.15, 0.2) is 83.1 Å². The topological polar surface area (TPSA) is 81.4 Å². The minimum Gasteiger partial charge on any atom is -0.494 e. The molecule has 0 saturated heterocycles. The lowest BCUT2D eigenvalue weighted by Gasteiger charge is -2.19. The number of hydrazone groups is 1. The molecule has 1 N–H and O–H groups in total. The minimum atomic E-state index is -0.228. The van der Waals surface area contributed by atoms with Crippen LogP contribution in [0.1, 0.15) is 50.8 Å². The molecule has 1 aromatic heterocycles. The zero-order valence-corrected chi connectivity index (χ0v) is 24.0. The third kappa shape index (κ3) is 7.57. The van der Waals surface area contributed by atoms with E-state index in [0.717, 1.165) is 40.4 Å². The zero-order chi connectivity index (χ0) is 27.8. The molecular formula is C31H35N5O2S. The van der Waals surface area contributed by atoms with E-state index < -0.39 is 0 Å². The van der Waals surface area contributed by atoms with Crippen LogP contribution in [0.25, 0.3) is 17.1 Å². The summed E-state index contributed by atoms with van der Waals surface area (Å²) < 4.78 is 7.59. The number of carbonyl (C=O) groups excluding carboxylic acids is 1. The molecule has 0 bridgehead atoms. The molecule has 202 valence electrons. The maximum Gasteiger partial charge on any atom is 0.250 e. The first-order valence-corrected chi connectivity index (χ1v) is 14.0. The van der Waals surface area contributed by atoms with E-state index >= 15 is 0 Å². The molecule has 0 unspecified atom stereocenters. The van der Waals surface area contributed by atoms with Gasteiger partial charge < -0.3 is 4.74 Å². The number of rotatable bonds is 10. The quantitative estimate of drug-likeness (QED) is 0.139. The van der Waals surface area contributed by atoms with Crippen molar-refractivity contribution in [1.82, 2.24) is 20.2 Å². The van der Waals surface area contributed by atoms with E-state index in [0.29, 0.717) is 11.8 Å².